The van der Waals surface area contributed by atoms with E-state index in [0.717, 1.165) is 5.01 Å². The molecular weight excluding hydrogens is 161 g/mol. The van der Waals surface area contributed by atoms with Gasteiger partial charge in [0, 0.05) is 4.97 Å². The number of aliphatic hydroxyl groups excluding tert-OH is 1. The third-order valence-electron chi connectivity index (χ3n) is 1.03. The fraction of sp³-hybridized carbons (Fsp3) is 1.00. The van der Waals surface area contributed by atoms with Gasteiger partial charge in [0.05, 0.1) is 19.7 Å². The molecule has 0 aliphatic rings. The Kier molecular flexibility index (Phi) is 9.92. The van der Waals surface area contributed by atoms with Crippen LogP contribution in [0.1, 0.15) is 6.92 Å². The van der Waals surface area contributed by atoms with Gasteiger partial charge in [-0.1, -0.05) is 0 Å². The average Bonchev–Trinajstić information content (AvgIpc) is 1.99. The summed E-state index contributed by atoms with van der Waals surface area (Å²) in [6.45, 7) is 2.01. The first-order valence-corrected chi connectivity index (χ1v) is 2.92. The smallest absolute Gasteiger partial charge is 0.737 e. The van der Waals surface area contributed by atoms with Gasteiger partial charge >= 0.3 is 29.6 Å². The molecule has 1 N–H and O–H groups in total. The second kappa shape index (κ2) is 8.06. The molecule has 0 unspecified atom stereocenters. The number of hydrogen-bond donors (Lipinski definition) is 1. The SMILES string of the molecule is CCN(CCO)/[N+]([O-])=N\[O-].[Na+]. The number of rotatable bonds is 4. The summed E-state index contributed by atoms with van der Waals surface area (Å²) in [4.78, 5) is -0.0732. The molecule has 60 valence electrons. The topological polar surface area (TPSA) is 85.0 Å². The van der Waals surface area contributed by atoms with Crippen molar-refractivity contribution in [1.82, 2.24) is 5.01 Å². The number of hydrogen-bond acceptors (Lipinski definition) is 4. The van der Waals surface area contributed by atoms with Gasteiger partial charge < -0.3 is 15.5 Å². The quantitative estimate of drug-likeness (QED) is 0.207. The fourth-order valence-corrected chi connectivity index (χ4v) is 0.532. The maximum atomic E-state index is 10.4. The van der Waals surface area contributed by atoms with Crippen LogP contribution in [0.3, 0.4) is 0 Å². The Morgan fingerprint density at radius 3 is 2.45 bits per heavy atom. The number of aliphatic hydroxyl groups is 1. The van der Waals surface area contributed by atoms with Crippen LogP contribution in [0, 0.1) is 10.4 Å². The summed E-state index contributed by atoms with van der Waals surface area (Å²) in [5, 5.41) is 31.6. The Morgan fingerprint density at radius 2 is 2.18 bits per heavy atom. The van der Waals surface area contributed by atoms with Gasteiger partial charge in [-0.05, 0) is 12.2 Å². The molecule has 0 bridgehead atoms. The van der Waals surface area contributed by atoms with E-state index in [1.807, 2.05) is 0 Å². The van der Waals surface area contributed by atoms with E-state index in [1.54, 1.807) is 6.92 Å². The minimum atomic E-state index is -0.165. The minimum absolute atomic E-state index is 0. The van der Waals surface area contributed by atoms with Crippen molar-refractivity contribution in [1.29, 1.82) is 0 Å². The van der Waals surface area contributed by atoms with Gasteiger partial charge in [-0.15, -0.1) is 5.01 Å². The summed E-state index contributed by atoms with van der Waals surface area (Å²) in [5.41, 5.74) is 0. The molecule has 0 atom stereocenters. The van der Waals surface area contributed by atoms with Gasteiger partial charge in [-0.25, -0.2) is 0 Å². The van der Waals surface area contributed by atoms with Crippen LogP contribution in [0.15, 0.2) is 5.28 Å². The van der Waals surface area contributed by atoms with Crippen LogP contribution in [0.25, 0.3) is 0 Å². The Bertz CT molecular complexity index is 121. The molecule has 0 aliphatic heterocycles. The molecule has 6 nitrogen and oxygen atoms in total. The molecule has 0 radical (unpaired) electrons. The van der Waals surface area contributed by atoms with E-state index in [9.17, 15) is 10.4 Å². The van der Waals surface area contributed by atoms with Crippen LogP contribution >= 0.6 is 0 Å². The molecule has 0 spiro atoms. The Labute approximate surface area is 86.9 Å². The maximum absolute atomic E-state index is 10.4. The summed E-state index contributed by atoms with van der Waals surface area (Å²) in [6.07, 6.45) is 0. The fourth-order valence-electron chi connectivity index (χ4n) is 0.532. The Hall–Kier alpha value is -0.0400. The molecule has 0 fully saturated rings. The first-order chi connectivity index (χ1) is 4.76. The zero-order chi connectivity index (χ0) is 7.98. The summed E-state index contributed by atoms with van der Waals surface area (Å²) >= 11 is 0. The van der Waals surface area contributed by atoms with Crippen LogP contribution in [0.5, 0.6) is 0 Å². The predicted octanol–water partition coefficient (Wildman–Crippen LogP) is -3.32. The summed E-state index contributed by atoms with van der Waals surface area (Å²) in [5.74, 6) is 0. The van der Waals surface area contributed by atoms with Crippen molar-refractivity contribution < 1.29 is 39.6 Å². The van der Waals surface area contributed by atoms with Gasteiger partial charge in [-0.3, -0.25) is 0 Å². The summed E-state index contributed by atoms with van der Waals surface area (Å²) < 4.78 is 0. The van der Waals surface area contributed by atoms with Crippen LogP contribution in [-0.2, 0) is 0 Å². The van der Waals surface area contributed by atoms with E-state index < -0.39 is 0 Å². The third kappa shape index (κ3) is 5.25. The predicted molar refractivity (Wildman–Crippen MR) is 33.8 cm³/mol. The monoisotopic (exact) mass is 171 g/mol. The first kappa shape index (κ1) is 13.5. The van der Waals surface area contributed by atoms with Crippen LogP contribution in [-0.4, -0.2) is 34.8 Å². The number of likely N-dealkylation sites (N-methyl/N-ethyl adjacent to an activating group) is 1. The summed E-state index contributed by atoms with van der Waals surface area (Å²) in [7, 11) is 0. The van der Waals surface area contributed by atoms with Crippen molar-refractivity contribution in [2.75, 3.05) is 19.7 Å². The third-order valence-corrected chi connectivity index (χ3v) is 1.03. The molecular formula is C4H10N3NaO3. The van der Waals surface area contributed by atoms with Crippen LogP contribution in [0.2, 0.25) is 0 Å². The molecule has 0 aromatic heterocycles. The molecule has 0 aromatic carbocycles. The van der Waals surface area contributed by atoms with E-state index in [-0.39, 0.29) is 47.7 Å². The van der Waals surface area contributed by atoms with Crippen molar-refractivity contribution in [2.45, 2.75) is 6.92 Å². The first-order valence-electron chi connectivity index (χ1n) is 2.92. The minimum Gasteiger partial charge on any atom is -0.737 e. The van der Waals surface area contributed by atoms with Crippen molar-refractivity contribution in [2.24, 2.45) is 5.28 Å². The molecule has 11 heavy (non-hydrogen) atoms. The molecule has 0 aromatic rings. The molecule has 0 saturated carbocycles. The van der Waals surface area contributed by atoms with Crippen molar-refractivity contribution >= 4 is 0 Å². The van der Waals surface area contributed by atoms with E-state index >= 15 is 0 Å². The molecule has 0 saturated heterocycles. The van der Waals surface area contributed by atoms with Gasteiger partial charge in [0.15, 0.2) is 0 Å². The average molecular weight is 171 g/mol. The number of nitrogens with zero attached hydrogens (tertiary/aromatic N) is 3. The number of hydrazine groups is 1. The van der Waals surface area contributed by atoms with Gasteiger partial charge in [0.25, 0.3) is 0 Å². The van der Waals surface area contributed by atoms with E-state index in [4.69, 9.17) is 5.11 Å². The second-order valence-electron chi connectivity index (χ2n) is 1.60. The molecule has 0 heterocycles. The molecule has 0 amide bonds. The standard InChI is InChI=1S/C4H11N3O3.Na/c1-2-6(3-4-8)7(10)5-9;/h8-9H,2-4H2,1H3;/q;+1/p-1/b7-5+;. The van der Waals surface area contributed by atoms with Crippen LogP contribution < -0.4 is 29.6 Å². The van der Waals surface area contributed by atoms with Gasteiger partial charge in [0.2, 0.25) is 0 Å². The van der Waals surface area contributed by atoms with E-state index in [2.05, 4.69) is 5.28 Å². The van der Waals surface area contributed by atoms with E-state index in [0.29, 0.717) is 6.54 Å². The van der Waals surface area contributed by atoms with Crippen LogP contribution in [0.4, 0.5) is 0 Å². The van der Waals surface area contributed by atoms with Crippen molar-refractivity contribution in [3.05, 3.63) is 10.4 Å². The molecule has 0 aliphatic carbocycles. The van der Waals surface area contributed by atoms with Crippen molar-refractivity contribution in [3.8, 4) is 0 Å². The largest absolute Gasteiger partial charge is 1.00 e. The normalized spacial score (nSPS) is 10.5. The van der Waals surface area contributed by atoms with Gasteiger partial charge in [0.1, 0.15) is 0 Å². The zero-order valence-corrected chi connectivity index (χ0v) is 8.73. The molecule has 7 heteroatoms. The second-order valence-corrected chi connectivity index (χ2v) is 1.60. The Balaban J connectivity index is 0. The van der Waals surface area contributed by atoms with Gasteiger partial charge in [-0.2, -0.15) is 0 Å². The summed E-state index contributed by atoms with van der Waals surface area (Å²) in [6, 6.07) is 0. The Morgan fingerprint density at radius 1 is 1.64 bits per heavy atom. The maximum Gasteiger partial charge on any atom is 1.00 e. The zero-order valence-electron chi connectivity index (χ0n) is 6.73. The molecule has 0 rings (SSSR count). The van der Waals surface area contributed by atoms with E-state index in [1.165, 1.54) is 0 Å². The van der Waals surface area contributed by atoms with Crippen molar-refractivity contribution in [3.63, 3.8) is 0 Å².